The highest BCUT2D eigenvalue weighted by atomic mass is 32.2. The van der Waals surface area contributed by atoms with E-state index in [4.69, 9.17) is 0 Å². The zero-order valence-electron chi connectivity index (χ0n) is 12.0. The molecular formula is C16H25NS. The zero-order valence-corrected chi connectivity index (χ0v) is 12.8. The third-order valence-corrected chi connectivity index (χ3v) is 5.38. The molecule has 0 aliphatic carbocycles. The summed E-state index contributed by atoms with van der Waals surface area (Å²) in [6, 6.07) is 9.80. The minimum atomic E-state index is 0.450. The predicted octanol–water partition coefficient (Wildman–Crippen LogP) is 4.18. The molecule has 0 radical (unpaired) electrons. The van der Waals surface area contributed by atoms with Crippen molar-refractivity contribution in [3.8, 4) is 0 Å². The molecule has 2 rings (SSSR count). The molecule has 1 heterocycles. The number of hydrogen-bond acceptors (Lipinski definition) is 2. The van der Waals surface area contributed by atoms with E-state index in [1.807, 2.05) is 0 Å². The Morgan fingerprint density at radius 2 is 2.06 bits per heavy atom. The first-order valence-corrected chi connectivity index (χ1v) is 8.03. The molecule has 1 aromatic carbocycles. The molecule has 1 aliphatic heterocycles. The molecule has 0 bridgehead atoms. The molecule has 1 saturated heterocycles. The zero-order chi connectivity index (χ0) is 13.2. The number of rotatable bonds is 3. The quantitative estimate of drug-likeness (QED) is 0.878. The molecule has 2 atom stereocenters. The second-order valence-corrected chi connectivity index (χ2v) is 7.36. The summed E-state index contributed by atoms with van der Waals surface area (Å²) in [4.78, 5) is 0. The van der Waals surface area contributed by atoms with Gasteiger partial charge in [-0.15, -0.1) is 0 Å². The Bertz CT molecular complexity index is 400. The van der Waals surface area contributed by atoms with Crippen LogP contribution < -0.4 is 5.32 Å². The fourth-order valence-corrected chi connectivity index (χ4v) is 4.17. The molecule has 0 saturated carbocycles. The maximum Gasteiger partial charge on any atom is 0.0297 e. The number of benzene rings is 1. The second kappa shape index (κ2) is 5.66. The van der Waals surface area contributed by atoms with Crippen LogP contribution in [0.5, 0.6) is 0 Å². The van der Waals surface area contributed by atoms with Gasteiger partial charge in [0.2, 0.25) is 0 Å². The molecule has 0 amide bonds. The Labute approximate surface area is 116 Å². The molecule has 1 N–H and O–H groups in total. The van der Waals surface area contributed by atoms with Gasteiger partial charge < -0.3 is 5.32 Å². The van der Waals surface area contributed by atoms with Gasteiger partial charge in [0.1, 0.15) is 0 Å². The van der Waals surface area contributed by atoms with Crippen molar-refractivity contribution >= 4 is 11.8 Å². The number of thioether (sulfide) groups is 1. The fourth-order valence-electron chi connectivity index (χ4n) is 2.89. The van der Waals surface area contributed by atoms with Crippen LogP contribution >= 0.6 is 11.8 Å². The van der Waals surface area contributed by atoms with E-state index in [1.54, 1.807) is 0 Å². The van der Waals surface area contributed by atoms with Gasteiger partial charge in [0.15, 0.2) is 0 Å². The van der Waals surface area contributed by atoms with Crippen molar-refractivity contribution in [2.75, 3.05) is 11.5 Å². The van der Waals surface area contributed by atoms with Crippen molar-refractivity contribution in [2.45, 2.75) is 46.2 Å². The molecule has 1 nitrogen and oxygen atoms in total. The van der Waals surface area contributed by atoms with Crippen LogP contribution in [0.15, 0.2) is 24.3 Å². The maximum atomic E-state index is 3.81. The third kappa shape index (κ3) is 3.52. The van der Waals surface area contributed by atoms with E-state index in [0.29, 0.717) is 17.5 Å². The van der Waals surface area contributed by atoms with Gasteiger partial charge in [-0.05, 0) is 42.6 Å². The van der Waals surface area contributed by atoms with Crippen molar-refractivity contribution in [2.24, 2.45) is 5.41 Å². The average molecular weight is 263 g/mol. The summed E-state index contributed by atoms with van der Waals surface area (Å²) < 4.78 is 0. The molecule has 18 heavy (non-hydrogen) atoms. The Morgan fingerprint density at radius 1 is 1.33 bits per heavy atom. The summed E-state index contributed by atoms with van der Waals surface area (Å²) >= 11 is 2.09. The van der Waals surface area contributed by atoms with Crippen molar-refractivity contribution in [1.82, 2.24) is 5.32 Å². The molecule has 0 spiro atoms. The summed E-state index contributed by atoms with van der Waals surface area (Å²) in [5.74, 6) is 2.55. The van der Waals surface area contributed by atoms with Gasteiger partial charge in [0, 0.05) is 17.8 Å². The van der Waals surface area contributed by atoms with Gasteiger partial charge in [-0.2, -0.15) is 11.8 Å². The first-order chi connectivity index (χ1) is 8.48. The SMILES string of the molecule is Cc1ccccc1[C@@H](C)NC1CSCC(C)(C)C1. The van der Waals surface area contributed by atoms with Crippen molar-refractivity contribution in [3.63, 3.8) is 0 Å². The first-order valence-electron chi connectivity index (χ1n) is 6.87. The minimum absolute atomic E-state index is 0.450. The Balaban J connectivity index is 1.99. The van der Waals surface area contributed by atoms with Gasteiger partial charge in [-0.1, -0.05) is 38.1 Å². The van der Waals surface area contributed by atoms with Crippen molar-refractivity contribution in [3.05, 3.63) is 35.4 Å². The van der Waals surface area contributed by atoms with E-state index >= 15 is 0 Å². The lowest BCUT2D eigenvalue weighted by molar-refractivity contribution is 0.305. The molecular weight excluding hydrogens is 238 g/mol. The van der Waals surface area contributed by atoms with Crippen LogP contribution in [0.2, 0.25) is 0 Å². The third-order valence-electron chi connectivity index (χ3n) is 3.75. The van der Waals surface area contributed by atoms with Gasteiger partial charge in [-0.25, -0.2) is 0 Å². The predicted molar refractivity (Wildman–Crippen MR) is 82.2 cm³/mol. The Kier molecular flexibility index (Phi) is 4.39. The molecule has 1 unspecified atom stereocenters. The molecule has 1 aromatic rings. The minimum Gasteiger partial charge on any atom is -0.307 e. The molecule has 2 heteroatoms. The van der Waals surface area contributed by atoms with Crippen LogP contribution in [0.3, 0.4) is 0 Å². The molecule has 1 fully saturated rings. The van der Waals surface area contributed by atoms with E-state index < -0.39 is 0 Å². The molecule has 100 valence electrons. The number of aryl methyl sites for hydroxylation is 1. The average Bonchev–Trinajstić information content (AvgIpc) is 2.28. The van der Waals surface area contributed by atoms with Gasteiger partial charge >= 0.3 is 0 Å². The second-order valence-electron chi connectivity index (χ2n) is 6.33. The normalized spacial score (nSPS) is 24.8. The van der Waals surface area contributed by atoms with Gasteiger partial charge in [-0.3, -0.25) is 0 Å². The maximum absolute atomic E-state index is 3.81. The summed E-state index contributed by atoms with van der Waals surface area (Å²) in [5, 5.41) is 3.81. The van der Waals surface area contributed by atoms with Gasteiger partial charge in [0.05, 0.1) is 0 Å². The fraction of sp³-hybridized carbons (Fsp3) is 0.625. The van der Waals surface area contributed by atoms with E-state index in [-0.39, 0.29) is 0 Å². The van der Waals surface area contributed by atoms with E-state index in [9.17, 15) is 0 Å². The highest BCUT2D eigenvalue weighted by Crippen LogP contribution is 2.34. The summed E-state index contributed by atoms with van der Waals surface area (Å²) in [7, 11) is 0. The highest BCUT2D eigenvalue weighted by Gasteiger charge is 2.29. The van der Waals surface area contributed by atoms with Crippen LogP contribution in [0, 0.1) is 12.3 Å². The monoisotopic (exact) mass is 263 g/mol. The molecule has 0 aromatic heterocycles. The summed E-state index contributed by atoms with van der Waals surface area (Å²) in [6.07, 6.45) is 1.29. The molecule has 1 aliphatic rings. The number of nitrogens with one attached hydrogen (secondary N) is 1. The number of hydrogen-bond donors (Lipinski definition) is 1. The van der Waals surface area contributed by atoms with Crippen LogP contribution in [-0.2, 0) is 0 Å². The first kappa shape index (κ1) is 14.0. The van der Waals surface area contributed by atoms with Crippen LogP contribution in [0.1, 0.15) is 44.4 Å². The topological polar surface area (TPSA) is 12.0 Å². The standard InChI is InChI=1S/C16H25NS/c1-12-7-5-6-8-15(12)13(2)17-14-9-16(3,4)11-18-10-14/h5-8,13-14,17H,9-11H2,1-4H3/t13-,14?/m1/s1. The van der Waals surface area contributed by atoms with E-state index in [2.05, 4.69) is 69.0 Å². The Hall–Kier alpha value is -0.470. The van der Waals surface area contributed by atoms with Gasteiger partial charge in [0.25, 0.3) is 0 Å². The Morgan fingerprint density at radius 3 is 2.72 bits per heavy atom. The van der Waals surface area contributed by atoms with E-state index in [1.165, 1.54) is 29.1 Å². The largest absolute Gasteiger partial charge is 0.307 e. The van der Waals surface area contributed by atoms with Crippen molar-refractivity contribution in [1.29, 1.82) is 0 Å². The smallest absolute Gasteiger partial charge is 0.0297 e. The lowest BCUT2D eigenvalue weighted by Crippen LogP contribution is -2.41. The lowest BCUT2D eigenvalue weighted by Gasteiger charge is -2.36. The van der Waals surface area contributed by atoms with Crippen LogP contribution in [0.4, 0.5) is 0 Å². The lowest BCUT2D eigenvalue weighted by atomic mass is 9.87. The van der Waals surface area contributed by atoms with Crippen molar-refractivity contribution < 1.29 is 0 Å². The summed E-state index contributed by atoms with van der Waals surface area (Å²) in [6.45, 7) is 9.25. The van der Waals surface area contributed by atoms with Crippen LogP contribution in [-0.4, -0.2) is 17.5 Å². The highest BCUT2D eigenvalue weighted by molar-refractivity contribution is 7.99. The summed E-state index contributed by atoms with van der Waals surface area (Å²) in [5.41, 5.74) is 3.30. The van der Waals surface area contributed by atoms with Crippen LogP contribution in [0.25, 0.3) is 0 Å². The van der Waals surface area contributed by atoms with E-state index in [0.717, 1.165) is 0 Å².